The number of hydrogen-bond donors (Lipinski definition) is 0. The molecule has 0 aromatic heterocycles. The van der Waals surface area contributed by atoms with Gasteiger partial charge in [0.2, 0.25) is 0 Å². The fourth-order valence-electron chi connectivity index (χ4n) is 3.87. The first-order valence-corrected chi connectivity index (χ1v) is 7.67. The van der Waals surface area contributed by atoms with Gasteiger partial charge in [-0.15, -0.1) is 0 Å². The molecule has 6 unspecified atom stereocenters. The van der Waals surface area contributed by atoms with Crippen LogP contribution in [-0.2, 0) is 23.8 Å². The Labute approximate surface area is 130 Å². The van der Waals surface area contributed by atoms with E-state index in [1.165, 1.54) is 0 Å². The lowest BCUT2D eigenvalue weighted by Gasteiger charge is -2.25. The molecule has 5 heteroatoms. The highest BCUT2D eigenvalue weighted by Gasteiger charge is 2.71. The van der Waals surface area contributed by atoms with Crippen LogP contribution in [0.25, 0.3) is 0 Å². The van der Waals surface area contributed by atoms with E-state index in [2.05, 4.69) is 13.2 Å². The molecule has 6 atom stereocenters. The predicted molar refractivity (Wildman–Crippen MR) is 78.8 cm³/mol. The number of fused-ring (bicyclic) bond motifs is 5. The Balaban J connectivity index is 1.71. The van der Waals surface area contributed by atoms with Crippen molar-refractivity contribution in [3.8, 4) is 0 Å². The molecular weight excluding hydrogens is 284 g/mol. The first-order valence-electron chi connectivity index (χ1n) is 7.67. The lowest BCUT2D eigenvalue weighted by Crippen LogP contribution is -2.40. The molecule has 2 bridgehead atoms. The van der Waals surface area contributed by atoms with Gasteiger partial charge in [-0.2, -0.15) is 0 Å². The minimum absolute atomic E-state index is 0.0787. The molecule has 3 rings (SSSR count). The number of rotatable bonds is 6. The number of hydrogen-bond acceptors (Lipinski definition) is 5. The summed E-state index contributed by atoms with van der Waals surface area (Å²) >= 11 is 0. The fourth-order valence-corrected chi connectivity index (χ4v) is 3.87. The van der Waals surface area contributed by atoms with E-state index in [4.69, 9.17) is 14.2 Å². The normalized spacial score (nSPS) is 37.4. The Morgan fingerprint density at radius 1 is 0.955 bits per heavy atom. The molecule has 3 aliphatic rings. The summed E-state index contributed by atoms with van der Waals surface area (Å²) < 4.78 is 16.2. The maximum Gasteiger partial charge on any atom is 0.310 e. The van der Waals surface area contributed by atoms with Gasteiger partial charge in [-0.3, -0.25) is 9.59 Å². The minimum Gasteiger partial charge on any atom is -0.461 e. The van der Waals surface area contributed by atoms with Crippen molar-refractivity contribution in [1.29, 1.82) is 0 Å². The highest BCUT2D eigenvalue weighted by Crippen LogP contribution is 2.62. The number of epoxide rings is 1. The second-order valence-corrected chi connectivity index (χ2v) is 6.81. The van der Waals surface area contributed by atoms with Crippen LogP contribution in [-0.4, -0.2) is 37.4 Å². The first-order chi connectivity index (χ1) is 10.4. The topological polar surface area (TPSA) is 65.1 Å². The molecule has 2 aliphatic carbocycles. The molecule has 0 aromatic rings. The van der Waals surface area contributed by atoms with Crippen LogP contribution < -0.4 is 0 Å². The molecule has 5 nitrogen and oxygen atoms in total. The summed E-state index contributed by atoms with van der Waals surface area (Å²) in [6, 6.07) is 0. The molecule has 3 fully saturated rings. The van der Waals surface area contributed by atoms with Gasteiger partial charge in [-0.05, 0) is 31.4 Å². The second-order valence-electron chi connectivity index (χ2n) is 6.81. The molecule has 0 amide bonds. The van der Waals surface area contributed by atoms with E-state index in [-0.39, 0.29) is 49.2 Å². The molecule has 0 aromatic carbocycles. The monoisotopic (exact) mass is 306 g/mol. The molecule has 1 aliphatic heterocycles. The van der Waals surface area contributed by atoms with E-state index in [9.17, 15) is 9.59 Å². The summed E-state index contributed by atoms with van der Waals surface area (Å²) in [4.78, 5) is 24.8. The molecular formula is C17H22O5. The second kappa shape index (κ2) is 5.54. The molecule has 0 spiro atoms. The van der Waals surface area contributed by atoms with Crippen molar-refractivity contribution in [3.05, 3.63) is 24.3 Å². The Bertz CT molecular complexity index is 491. The number of esters is 2. The third kappa shape index (κ3) is 2.58. The van der Waals surface area contributed by atoms with Gasteiger partial charge in [-0.25, -0.2) is 0 Å². The van der Waals surface area contributed by atoms with Gasteiger partial charge in [0.25, 0.3) is 0 Å². The molecule has 120 valence electrons. The lowest BCUT2D eigenvalue weighted by atomic mass is 9.79. The van der Waals surface area contributed by atoms with Gasteiger partial charge < -0.3 is 14.2 Å². The van der Waals surface area contributed by atoms with Gasteiger partial charge in [-0.1, -0.05) is 13.2 Å². The van der Waals surface area contributed by atoms with E-state index >= 15 is 0 Å². The predicted octanol–water partition coefficient (Wildman–Crippen LogP) is 1.87. The Morgan fingerprint density at radius 3 is 1.73 bits per heavy atom. The highest BCUT2D eigenvalue weighted by molar-refractivity contribution is 5.84. The van der Waals surface area contributed by atoms with E-state index < -0.39 is 11.8 Å². The Hall–Kier alpha value is -1.62. The zero-order valence-electron chi connectivity index (χ0n) is 13.0. The minimum atomic E-state index is -0.453. The van der Waals surface area contributed by atoms with Crippen LogP contribution in [0.3, 0.4) is 0 Å². The van der Waals surface area contributed by atoms with E-state index in [1.807, 2.05) is 0 Å². The van der Waals surface area contributed by atoms with Crippen molar-refractivity contribution in [2.24, 2.45) is 23.7 Å². The maximum atomic E-state index is 12.4. The molecule has 1 heterocycles. The van der Waals surface area contributed by atoms with Gasteiger partial charge >= 0.3 is 11.9 Å². The number of carbonyl (C=O) groups is 2. The van der Waals surface area contributed by atoms with Gasteiger partial charge in [0.15, 0.2) is 0 Å². The fraction of sp³-hybridized carbons (Fsp3) is 0.647. The summed E-state index contributed by atoms with van der Waals surface area (Å²) in [5.74, 6) is -1.41. The summed E-state index contributed by atoms with van der Waals surface area (Å²) in [7, 11) is 0. The van der Waals surface area contributed by atoms with Crippen LogP contribution in [0.5, 0.6) is 0 Å². The quantitative estimate of drug-likeness (QED) is 0.426. The lowest BCUT2D eigenvalue weighted by molar-refractivity contribution is -0.161. The zero-order valence-corrected chi connectivity index (χ0v) is 13.0. The molecule has 0 N–H and O–H groups in total. The average molecular weight is 306 g/mol. The van der Waals surface area contributed by atoms with E-state index in [0.29, 0.717) is 0 Å². The number of carbonyl (C=O) groups excluding carboxylic acids is 2. The van der Waals surface area contributed by atoms with Crippen molar-refractivity contribution in [2.75, 3.05) is 13.2 Å². The van der Waals surface area contributed by atoms with Gasteiger partial charge in [0, 0.05) is 11.8 Å². The van der Waals surface area contributed by atoms with Crippen molar-refractivity contribution >= 4 is 11.9 Å². The summed E-state index contributed by atoms with van der Waals surface area (Å²) in [5, 5.41) is 0. The van der Waals surface area contributed by atoms with Crippen LogP contribution in [0, 0.1) is 23.7 Å². The third-order valence-corrected chi connectivity index (χ3v) is 4.73. The van der Waals surface area contributed by atoms with Crippen LogP contribution in [0.15, 0.2) is 24.3 Å². The molecule has 22 heavy (non-hydrogen) atoms. The zero-order chi connectivity index (χ0) is 16.0. The highest BCUT2D eigenvalue weighted by atomic mass is 16.6. The number of ether oxygens (including phenoxy) is 3. The molecule has 2 saturated carbocycles. The van der Waals surface area contributed by atoms with Gasteiger partial charge in [0.05, 0.1) is 24.0 Å². The van der Waals surface area contributed by atoms with Crippen LogP contribution in [0.2, 0.25) is 0 Å². The van der Waals surface area contributed by atoms with Gasteiger partial charge in [0.1, 0.15) is 13.2 Å². The Morgan fingerprint density at radius 2 is 1.36 bits per heavy atom. The SMILES string of the molecule is C=C(C)COC(=O)C1C2CC(C3OC23)C1C(=O)OCC(=C)C. The van der Waals surface area contributed by atoms with E-state index in [0.717, 1.165) is 17.6 Å². The summed E-state index contributed by atoms with van der Waals surface area (Å²) in [6.45, 7) is 11.4. The standard InChI is InChI=1S/C17H22O5/c1-8(2)6-20-16(18)12-10-5-11(15-14(10)22-15)13(12)17(19)21-7-9(3)4/h10-15H,1,3,5-7H2,2,4H3. The van der Waals surface area contributed by atoms with Crippen LogP contribution >= 0.6 is 0 Å². The molecule has 1 saturated heterocycles. The first kappa shape index (κ1) is 15.3. The summed E-state index contributed by atoms with van der Waals surface area (Å²) in [6.07, 6.45) is 1.09. The largest absolute Gasteiger partial charge is 0.461 e. The van der Waals surface area contributed by atoms with Crippen LogP contribution in [0.1, 0.15) is 20.3 Å². The van der Waals surface area contributed by atoms with Crippen LogP contribution in [0.4, 0.5) is 0 Å². The summed E-state index contributed by atoms with van der Waals surface area (Å²) in [5.41, 5.74) is 1.55. The van der Waals surface area contributed by atoms with Crippen molar-refractivity contribution in [2.45, 2.75) is 32.5 Å². The smallest absolute Gasteiger partial charge is 0.310 e. The maximum absolute atomic E-state index is 12.4. The third-order valence-electron chi connectivity index (χ3n) is 4.73. The molecule has 0 radical (unpaired) electrons. The van der Waals surface area contributed by atoms with E-state index in [1.54, 1.807) is 13.8 Å². The average Bonchev–Trinajstić information content (AvgIpc) is 3.07. The van der Waals surface area contributed by atoms with Crippen molar-refractivity contribution in [1.82, 2.24) is 0 Å². The van der Waals surface area contributed by atoms with Crippen molar-refractivity contribution in [3.63, 3.8) is 0 Å². The van der Waals surface area contributed by atoms with Crippen molar-refractivity contribution < 1.29 is 23.8 Å². The Kier molecular flexibility index (Phi) is 3.85.